The predicted molar refractivity (Wildman–Crippen MR) is 82.6 cm³/mol. The van der Waals surface area contributed by atoms with Crippen LogP contribution in [0.25, 0.3) is 0 Å². The molecule has 0 aromatic heterocycles. The first kappa shape index (κ1) is 19.1. The highest BCUT2D eigenvalue weighted by Crippen LogP contribution is 2.16. The third-order valence-electron chi connectivity index (χ3n) is 3.69. The van der Waals surface area contributed by atoms with E-state index in [0.29, 0.717) is 13.0 Å². The zero-order chi connectivity index (χ0) is 15.1. The Morgan fingerprint density at radius 1 is 1.00 bits per heavy atom. The van der Waals surface area contributed by atoms with Gasteiger partial charge >= 0.3 is 5.97 Å². The number of carbonyl (C=O) groups is 2. The van der Waals surface area contributed by atoms with Gasteiger partial charge in [0, 0.05) is 6.42 Å². The molecule has 0 aromatic carbocycles. The van der Waals surface area contributed by atoms with E-state index in [0.717, 1.165) is 44.8 Å². The van der Waals surface area contributed by atoms with Crippen LogP contribution < -0.4 is 0 Å². The molecule has 1 atom stereocenters. The second-order valence-corrected chi connectivity index (χ2v) is 5.49. The number of hydrogen-bond donors (Lipinski definition) is 0. The molecule has 0 bridgehead atoms. The van der Waals surface area contributed by atoms with Gasteiger partial charge in [0.1, 0.15) is 6.29 Å². The zero-order valence-corrected chi connectivity index (χ0v) is 13.4. The van der Waals surface area contributed by atoms with Crippen molar-refractivity contribution in [1.82, 2.24) is 0 Å². The summed E-state index contributed by atoms with van der Waals surface area (Å²) in [6.07, 6.45) is 12.3. The molecule has 0 aliphatic heterocycles. The summed E-state index contributed by atoms with van der Waals surface area (Å²) in [4.78, 5) is 22.1. The van der Waals surface area contributed by atoms with Crippen LogP contribution in [0.5, 0.6) is 0 Å². The number of aldehydes is 1. The molecule has 0 heterocycles. The normalized spacial score (nSPS) is 12.1. The van der Waals surface area contributed by atoms with Crippen molar-refractivity contribution in [3.05, 3.63) is 0 Å². The summed E-state index contributed by atoms with van der Waals surface area (Å²) in [7, 11) is 0. The molecule has 20 heavy (non-hydrogen) atoms. The highest BCUT2D eigenvalue weighted by atomic mass is 16.5. The van der Waals surface area contributed by atoms with E-state index in [9.17, 15) is 9.59 Å². The van der Waals surface area contributed by atoms with E-state index in [1.165, 1.54) is 25.7 Å². The van der Waals surface area contributed by atoms with E-state index in [2.05, 4.69) is 13.8 Å². The lowest BCUT2D eigenvalue weighted by Crippen LogP contribution is -2.17. The molecule has 0 rings (SSSR count). The van der Waals surface area contributed by atoms with Gasteiger partial charge in [-0.05, 0) is 32.1 Å². The zero-order valence-electron chi connectivity index (χ0n) is 13.4. The molecule has 3 nitrogen and oxygen atoms in total. The molecular formula is C17H32O3. The van der Waals surface area contributed by atoms with Gasteiger partial charge in [0.25, 0.3) is 0 Å². The Kier molecular flexibility index (Phi) is 13.9. The van der Waals surface area contributed by atoms with Gasteiger partial charge in [-0.15, -0.1) is 0 Å². The van der Waals surface area contributed by atoms with Crippen LogP contribution in [-0.4, -0.2) is 18.9 Å². The minimum atomic E-state index is -0.0293. The average Bonchev–Trinajstić information content (AvgIpc) is 2.46. The highest BCUT2D eigenvalue weighted by molar-refractivity contribution is 5.72. The van der Waals surface area contributed by atoms with Crippen LogP contribution in [0.15, 0.2) is 0 Å². The van der Waals surface area contributed by atoms with Gasteiger partial charge in [0.15, 0.2) is 0 Å². The second-order valence-electron chi connectivity index (χ2n) is 5.49. The van der Waals surface area contributed by atoms with Gasteiger partial charge in [0.05, 0.1) is 12.5 Å². The Morgan fingerprint density at radius 3 is 2.35 bits per heavy atom. The quantitative estimate of drug-likeness (QED) is 0.264. The smallest absolute Gasteiger partial charge is 0.308 e. The van der Waals surface area contributed by atoms with Crippen molar-refractivity contribution in [1.29, 1.82) is 0 Å². The molecule has 0 fully saturated rings. The lowest BCUT2D eigenvalue weighted by atomic mass is 9.98. The molecule has 0 spiro atoms. The van der Waals surface area contributed by atoms with Crippen molar-refractivity contribution in [3.8, 4) is 0 Å². The molecule has 0 saturated carbocycles. The van der Waals surface area contributed by atoms with E-state index in [4.69, 9.17) is 4.74 Å². The van der Waals surface area contributed by atoms with Crippen molar-refractivity contribution < 1.29 is 14.3 Å². The number of hydrogen-bond acceptors (Lipinski definition) is 3. The number of ether oxygens (including phenoxy) is 1. The SMILES string of the molecule is CCCCCCCC(CC)C(=O)OCCCCCC=O. The largest absolute Gasteiger partial charge is 0.465 e. The molecule has 1 unspecified atom stereocenters. The first-order chi connectivity index (χ1) is 9.76. The monoisotopic (exact) mass is 284 g/mol. The molecular weight excluding hydrogens is 252 g/mol. The van der Waals surface area contributed by atoms with Gasteiger partial charge in [-0.3, -0.25) is 4.79 Å². The van der Waals surface area contributed by atoms with Crippen LogP contribution in [0.2, 0.25) is 0 Å². The van der Waals surface area contributed by atoms with Crippen LogP contribution >= 0.6 is 0 Å². The molecule has 3 heteroatoms. The summed E-state index contributed by atoms with van der Waals surface area (Å²) >= 11 is 0. The Balaban J connectivity index is 3.60. The fourth-order valence-electron chi connectivity index (χ4n) is 2.28. The van der Waals surface area contributed by atoms with Crippen LogP contribution in [0.4, 0.5) is 0 Å². The van der Waals surface area contributed by atoms with Gasteiger partial charge in [-0.2, -0.15) is 0 Å². The van der Waals surface area contributed by atoms with E-state index < -0.39 is 0 Å². The van der Waals surface area contributed by atoms with Crippen LogP contribution in [0, 0.1) is 5.92 Å². The molecule has 0 saturated heterocycles. The Morgan fingerprint density at radius 2 is 1.70 bits per heavy atom. The Hall–Kier alpha value is -0.860. The van der Waals surface area contributed by atoms with Crippen LogP contribution in [-0.2, 0) is 14.3 Å². The molecule has 0 aliphatic rings. The molecule has 0 aromatic rings. The maximum atomic E-state index is 11.9. The topological polar surface area (TPSA) is 43.4 Å². The standard InChI is InChI=1S/C17H32O3/c1-3-5-6-7-10-13-16(4-2)17(19)20-15-12-9-8-11-14-18/h14,16H,3-13,15H2,1-2H3. The molecule has 118 valence electrons. The fraction of sp³-hybridized carbons (Fsp3) is 0.882. The van der Waals surface area contributed by atoms with Crippen molar-refractivity contribution in [2.24, 2.45) is 5.92 Å². The molecule has 0 aliphatic carbocycles. The molecule has 0 amide bonds. The number of esters is 1. The summed E-state index contributed by atoms with van der Waals surface area (Å²) in [6, 6.07) is 0. The number of rotatable bonds is 14. The minimum Gasteiger partial charge on any atom is -0.465 e. The summed E-state index contributed by atoms with van der Waals surface area (Å²) in [5.41, 5.74) is 0. The summed E-state index contributed by atoms with van der Waals surface area (Å²) < 4.78 is 5.33. The van der Waals surface area contributed by atoms with Crippen molar-refractivity contribution in [2.45, 2.75) is 84.5 Å². The van der Waals surface area contributed by atoms with E-state index in [-0.39, 0.29) is 11.9 Å². The highest BCUT2D eigenvalue weighted by Gasteiger charge is 2.17. The Bertz CT molecular complexity index is 238. The van der Waals surface area contributed by atoms with Gasteiger partial charge < -0.3 is 9.53 Å². The van der Waals surface area contributed by atoms with Crippen LogP contribution in [0.1, 0.15) is 84.5 Å². The summed E-state index contributed by atoms with van der Waals surface area (Å²) in [6.45, 7) is 4.77. The maximum absolute atomic E-state index is 11.9. The fourth-order valence-corrected chi connectivity index (χ4v) is 2.28. The first-order valence-corrected chi connectivity index (χ1v) is 8.36. The minimum absolute atomic E-state index is 0.0293. The number of unbranched alkanes of at least 4 members (excludes halogenated alkanes) is 7. The third-order valence-corrected chi connectivity index (χ3v) is 3.69. The van der Waals surface area contributed by atoms with Crippen molar-refractivity contribution in [2.75, 3.05) is 6.61 Å². The predicted octanol–water partition coefficient (Wildman–Crippen LogP) is 4.68. The molecule has 0 N–H and O–H groups in total. The second kappa shape index (κ2) is 14.5. The van der Waals surface area contributed by atoms with E-state index >= 15 is 0 Å². The lowest BCUT2D eigenvalue weighted by Gasteiger charge is -2.14. The Labute approximate surface area is 124 Å². The van der Waals surface area contributed by atoms with Crippen molar-refractivity contribution in [3.63, 3.8) is 0 Å². The van der Waals surface area contributed by atoms with Gasteiger partial charge in [-0.25, -0.2) is 0 Å². The third kappa shape index (κ3) is 11.0. The average molecular weight is 284 g/mol. The number of carbonyl (C=O) groups excluding carboxylic acids is 2. The van der Waals surface area contributed by atoms with E-state index in [1.54, 1.807) is 0 Å². The maximum Gasteiger partial charge on any atom is 0.308 e. The van der Waals surface area contributed by atoms with E-state index in [1.807, 2.05) is 0 Å². The summed E-state index contributed by atoms with van der Waals surface area (Å²) in [5, 5.41) is 0. The van der Waals surface area contributed by atoms with Crippen LogP contribution in [0.3, 0.4) is 0 Å². The molecule has 0 radical (unpaired) electrons. The van der Waals surface area contributed by atoms with Crippen molar-refractivity contribution >= 4 is 12.3 Å². The van der Waals surface area contributed by atoms with Gasteiger partial charge in [-0.1, -0.05) is 46.0 Å². The van der Waals surface area contributed by atoms with Gasteiger partial charge in [0.2, 0.25) is 0 Å². The summed E-state index contributed by atoms with van der Waals surface area (Å²) in [5.74, 6) is 0.0463. The lowest BCUT2D eigenvalue weighted by molar-refractivity contribution is -0.149. The first-order valence-electron chi connectivity index (χ1n) is 8.36.